The van der Waals surface area contributed by atoms with Crippen LogP contribution in [0, 0.1) is 0 Å². The second-order valence-electron chi connectivity index (χ2n) is 4.81. The Morgan fingerprint density at radius 2 is 2.11 bits per heavy atom. The molecule has 0 bridgehead atoms. The molecule has 1 atom stereocenters. The third-order valence-electron chi connectivity index (χ3n) is 3.44. The number of alkyl halides is 3. The maximum Gasteiger partial charge on any atom is 0.419 e. The minimum Gasteiger partial charge on any atom is -0.507 e. The number of hydrogen-bond donors (Lipinski definition) is 1. The van der Waals surface area contributed by atoms with E-state index >= 15 is 0 Å². The van der Waals surface area contributed by atoms with Crippen molar-refractivity contribution in [1.82, 2.24) is 4.90 Å². The van der Waals surface area contributed by atoms with Crippen molar-refractivity contribution in [2.45, 2.75) is 38.5 Å². The van der Waals surface area contributed by atoms with Crippen LogP contribution in [0.15, 0.2) is 18.2 Å². The molecule has 0 radical (unpaired) electrons. The Hall–Kier alpha value is -1.23. The Labute approximate surface area is 104 Å². The predicted octanol–water partition coefficient (Wildman–Crippen LogP) is 3.40. The second-order valence-corrected chi connectivity index (χ2v) is 4.81. The molecule has 0 amide bonds. The molecule has 5 heteroatoms. The zero-order chi connectivity index (χ0) is 13.3. The van der Waals surface area contributed by atoms with E-state index in [4.69, 9.17) is 0 Å². The zero-order valence-electron chi connectivity index (χ0n) is 10.2. The molecule has 18 heavy (non-hydrogen) atoms. The van der Waals surface area contributed by atoms with Crippen LogP contribution in [0.2, 0.25) is 0 Å². The molecule has 0 aromatic heterocycles. The van der Waals surface area contributed by atoms with Crippen LogP contribution in [-0.4, -0.2) is 22.6 Å². The van der Waals surface area contributed by atoms with Crippen LogP contribution >= 0.6 is 0 Å². The van der Waals surface area contributed by atoms with Gasteiger partial charge in [0.25, 0.3) is 0 Å². The number of rotatable bonds is 2. The average molecular weight is 259 g/mol. The summed E-state index contributed by atoms with van der Waals surface area (Å²) in [6.07, 6.45) is -2.33. The SMILES string of the molecule is CC1CCCN1Cc1ccc(O)c(C(F)(F)F)c1. The van der Waals surface area contributed by atoms with Gasteiger partial charge in [-0.3, -0.25) is 4.90 Å². The Bertz CT molecular complexity index is 431. The van der Waals surface area contributed by atoms with Gasteiger partial charge in [-0.25, -0.2) is 0 Å². The fourth-order valence-corrected chi connectivity index (χ4v) is 2.37. The average Bonchev–Trinajstić information content (AvgIpc) is 2.66. The molecule has 0 spiro atoms. The van der Waals surface area contributed by atoms with Gasteiger partial charge in [0.05, 0.1) is 5.56 Å². The van der Waals surface area contributed by atoms with Gasteiger partial charge >= 0.3 is 6.18 Å². The second kappa shape index (κ2) is 4.80. The fourth-order valence-electron chi connectivity index (χ4n) is 2.37. The lowest BCUT2D eigenvalue weighted by atomic mass is 10.1. The minimum absolute atomic E-state index is 0.410. The number of phenols is 1. The van der Waals surface area contributed by atoms with Gasteiger partial charge in [0.2, 0.25) is 0 Å². The first-order valence-electron chi connectivity index (χ1n) is 6.01. The summed E-state index contributed by atoms with van der Waals surface area (Å²) < 4.78 is 37.9. The maximum atomic E-state index is 12.6. The van der Waals surface area contributed by atoms with Gasteiger partial charge in [-0.05, 0) is 44.0 Å². The summed E-state index contributed by atoms with van der Waals surface area (Å²) in [7, 11) is 0. The molecule has 100 valence electrons. The van der Waals surface area contributed by atoms with Crippen LogP contribution in [0.25, 0.3) is 0 Å². The van der Waals surface area contributed by atoms with Crippen molar-refractivity contribution in [3.63, 3.8) is 0 Å². The number of halogens is 3. The van der Waals surface area contributed by atoms with Crippen molar-refractivity contribution < 1.29 is 18.3 Å². The Morgan fingerprint density at radius 3 is 2.67 bits per heavy atom. The van der Waals surface area contributed by atoms with Crippen LogP contribution in [-0.2, 0) is 12.7 Å². The van der Waals surface area contributed by atoms with E-state index in [1.54, 1.807) is 6.07 Å². The molecule has 1 N–H and O–H groups in total. The van der Waals surface area contributed by atoms with Crippen molar-refractivity contribution in [3.8, 4) is 5.75 Å². The third kappa shape index (κ3) is 2.77. The highest BCUT2D eigenvalue weighted by Crippen LogP contribution is 2.36. The van der Waals surface area contributed by atoms with Gasteiger partial charge < -0.3 is 5.11 Å². The summed E-state index contributed by atoms with van der Waals surface area (Å²) in [5, 5.41) is 9.25. The summed E-state index contributed by atoms with van der Waals surface area (Å²) in [5.74, 6) is -0.708. The Balaban J connectivity index is 2.19. The van der Waals surface area contributed by atoms with Crippen molar-refractivity contribution in [1.29, 1.82) is 0 Å². The number of nitrogens with zero attached hydrogens (tertiary/aromatic N) is 1. The highest BCUT2D eigenvalue weighted by molar-refractivity contribution is 5.38. The van der Waals surface area contributed by atoms with E-state index in [-0.39, 0.29) is 0 Å². The summed E-state index contributed by atoms with van der Waals surface area (Å²) in [6.45, 7) is 3.51. The first kappa shape index (κ1) is 13.2. The number of phenolic OH excluding ortho intramolecular Hbond substituents is 1. The minimum atomic E-state index is -4.50. The highest BCUT2D eigenvalue weighted by Gasteiger charge is 2.34. The Kier molecular flexibility index (Phi) is 3.52. The van der Waals surface area contributed by atoms with Crippen molar-refractivity contribution in [2.75, 3.05) is 6.54 Å². The summed E-state index contributed by atoms with van der Waals surface area (Å²) >= 11 is 0. The molecule has 0 aliphatic carbocycles. The largest absolute Gasteiger partial charge is 0.507 e. The lowest BCUT2D eigenvalue weighted by Crippen LogP contribution is -2.26. The predicted molar refractivity (Wildman–Crippen MR) is 62.2 cm³/mol. The van der Waals surface area contributed by atoms with E-state index in [2.05, 4.69) is 11.8 Å². The molecule has 1 aromatic carbocycles. The topological polar surface area (TPSA) is 23.5 Å². The molecule has 1 unspecified atom stereocenters. The summed E-state index contributed by atoms with van der Waals surface area (Å²) in [5.41, 5.74) is -0.360. The van der Waals surface area contributed by atoms with Crippen LogP contribution in [0.4, 0.5) is 13.2 Å². The molecule has 1 aliphatic rings. The molecule has 1 saturated heterocycles. The molecular weight excluding hydrogens is 243 g/mol. The molecule has 1 aliphatic heterocycles. The highest BCUT2D eigenvalue weighted by atomic mass is 19.4. The standard InChI is InChI=1S/C13H16F3NO/c1-9-3-2-6-17(9)8-10-4-5-12(18)11(7-10)13(14,15)16/h4-5,7,9,18H,2-3,6,8H2,1H3. The van der Waals surface area contributed by atoms with E-state index in [0.717, 1.165) is 31.5 Å². The van der Waals surface area contributed by atoms with Gasteiger partial charge in [0.1, 0.15) is 5.75 Å². The van der Waals surface area contributed by atoms with Crippen LogP contribution < -0.4 is 0 Å². The lowest BCUT2D eigenvalue weighted by Gasteiger charge is -2.21. The van der Waals surface area contributed by atoms with E-state index in [0.29, 0.717) is 18.2 Å². The first-order valence-corrected chi connectivity index (χ1v) is 6.01. The van der Waals surface area contributed by atoms with Gasteiger partial charge in [-0.1, -0.05) is 6.07 Å². The number of likely N-dealkylation sites (tertiary alicyclic amines) is 1. The summed E-state index contributed by atoms with van der Waals surface area (Å²) in [4.78, 5) is 2.16. The lowest BCUT2D eigenvalue weighted by molar-refractivity contribution is -0.138. The fraction of sp³-hybridized carbons (Fsp3) is 0.538. The normalized spacial score (nSPS) is 21.4. The zero-order valence-corrected chi connectivity index (χ0v) is 10.2. The summed E-state index contributed by atoms with van der Waals surface area (Å²) in [6, 6.07) is 4.13. The molecule has 1 heterocycles. The van der Waals surface area contributed by atoms with Gasteiger partial charge in [0, 0.05) is 12.6 Å². The van der Waals surface area contributed by atoms with Gasteiger partial charge in [-0.2, -0.15) is 13.2 Å². The maximum absolute atomic E-state index is 12.6. The Morgan fingerprint density at radius 1 is 1.39 bits per heavy atom. The molecule has 0 saturated carbocycles. The van der Waals surface area contributed by atoms with E-state index in [1.807, 2.05) is 0 Å². The molecule has 1 aromatic rings. The van der Waals surface area contributed by atoms with Crippen LogP contribution in [0.5, 0.6) is 5.75 Å². The molecule has 1 fully saturated rings. The molecule has 2 rings (SSSR count). The third-order valence-corrected chi connectivity index (χ3v) is 3.44. The van der Waals surface area contributed by atoms with E-state index < -0.39 is 17.5 Å². The number of benzene rings is 1. The van der Waals surface area contributed by atoms with E-state index in [1.165, 1.54) is 0 Å². The van der Waals surface area contributed by atoms with Gasteiger partial charge in [0.15, 0.2) is 0 Å². The van der Waals surface area contributed by atoms with Crippen LogP contribution in [0.1, 0.15) is 30.9 Å². The van der Waals surface area contributed by atoms with Crippen molar-refractivity contribution in [3.05, 3.63) is 29.3 Å². The van der Waals surface area contributed by atoms with Crippen molar-refractivity contribution >= 4 is 0 Å². The molecule has 2 nitrogen and oxygen atoms in total. The number of aromatic hydroxyl groups is 1. The van der Waals surface area contributed by atoms with Gasteiger partial charge in [-0.15, -0.1) is 0 Å². The van der Waals surface area contributed by atoms with Crippen molar-refractivity contribution in [2.24, 2.45) is 0 Å². The monoisotopic (exact) mass is 259 g/mol. The number of hydrogen-bond acceptors (Lipinski definition) is 2. The van der Waals surface area contributed by atoms with Crippen LogP contribution in [0.3, 0.4) is 0 Å². The molecular formula is C13H16F3NO. The smallest absolute Gasteiger partial charge is 0.419 e. The first-order chi connectivity index (χ1) is 8.38. The quantitative estimate of drug-likeness (QED) is 0.880. The van der Waals surface area contributed by atoms with E-state index in [9.17, 15) is 18.3 Å².